The Kier molecular flexibility index (Phi) is 16.0. The quantitative estimate of drug-likeness (QED) is 0.0961. The Morgan fingerprint density at radius 2 is 1.47 bits per heavy atom. The molecule has 0 aromatic rings. The number of rotatable bonds is 21. The molecule has 0 radical (unpaired) electrons. The molecule has 0 aliphatic heterocycles. The van der Waals surface area contributed by atoms with Gasteiger partial charge >= 0.3 is 10.4 Å². The molecule has 0 spiro atoms. The summed E-state index contributed by atoms with van der Waals surface area (Å²) in [6.45, 7) is 13.6. The monoisotopic (exact) mass is 661 g/mol. The summed E-state index contributed by atoms with van der Waals surface area (Å²) in [4.78, 5) is 0. The van der Waals surface area contributed by atoms with Crippen molar-refractivity contribution in [3.8, 4) is 0 Å². The van der Waals surface area contributed by atoms with Crippen molar-refractivity contribution >= 4 is 10.4 Å². The van der Waals surface area contributed by atoms with E-state index in [1.165, 1.54) is 0 Å². The number of nitrogens with two attached hydrogens (primary N) is 3. The van der Waals surface area contributed by atoms with Crippen LogP contribution in [0.15, 0.2) is 0 Å². The standard InChI is InChI=1S/C34H67N3O7S/c1-5-30(42-21-8-18-36)32-28-12-11-27(25(2)10-6-23-44-45(38,39)40)34(28,4)31(43-22-9-19-37)24-29(32)33(3)15-13-26(14-16-33)41-20-7-17-35/h25-32H,5-24,35-37H2,1-4H3,(H,38,39,40)/t25-,26-,27-,28+,29+,30-,31+,32?,33+,34?/m1/s1. The Morgan fingerprint density at radius 3 is 2.07 bits per heavy atom. The molecule has 0 amide bonds. The molecule has 7 N–H and O–H groups in total. The van der Waals surface area contributed by atoms with Crippen LogP contribution in [-0.4, -0.2) is 77.3 Å². The van der Waals surface area contributed by atoms with Gasteiger partial charge in [-0.15, -0.1) is 0 Å². The highest BCUT2D eigenvalue weighted by Crippen LogP contribution is 2.66. The van der Waals surface area contributed by atoms with Gasteiger partial charge in [0.1, 0.15) is 0 Å². The zero-order valence-corrected chi connectivity index (χ0v) is 29.6. The van der Waals surface area contributed by atoms with E-state index in [1.807, 2.05) is 0 Å². The normalized spacial score (nSPS) is 35.3. The second-order valence-corrected chi connectivity index (χ2v) is 15.9. The van der Waals surface area contributed by atoms with Crippen LogP contribution in [0.1, 0.15) is 111 Å². The smallest absolute Gasteiger partial charge is 0.378 e. The third-order valence-corrected chi connectivity index (χ3v) is 12.5. The molecule has 266 valence electrons. The van der Waals surface area contributed by atoms with Gasteiger partial charge in [-0.3, -0.25) is 4.55 Å². The fraction of sp³-hybridized carbons (Fsp3) is 1.00. The molecule has 2 unspecified atom stereocenters. The van der Waals surface area contributed by atoms with Crippen molar-refractivity contribution in [3.05, 3.63) is 0 Å². The SMILES string of the molecule is CC[C@@H](OCCCN)C1[C@@H]2CC[C@H]([C@H](C)CCCOS(=O)(=O)O)C2(C)[C@@H](OCCCN)C[C@@H]1[C@]1(C)CC[C@H](OCCCN)CC1. The Hall–Kier alpha value is -0.370. The molecule has 0 aromatic heterocycles. The lowest BCUT2D eigenvalue weighted by Gasteiger charge is -2.60. The summed E-state index contributed by atoms with van der Waals surface area (Å²) in [5.41, 5.74) is 17.7. The molecule has 0 aromatic carbocycles. The highest BCUT2D eigenvalue weighted by atomic mass is 32.3. The van der Waals surface area contributed by atoms with Gasteiger partial charge in [-0.1, -0.05) is 27.7 Å². The molecule has 3 rings (SSSR count). The minimum absolute atomic E-state index is 0.000654. The average molecular weight is 662 g/mol. The van der Waals surface area contributed by atoms with Gasteiger partial charge in [-0.05, 0) is 138 Å². The molecule has 0 saturated heterocycles. The van der Waals surface area contributed by atoms with Crippen molar-refractivity contribution in [2.45, 2.75) is 129 Å². The van der Waals surface area contributed by atoms with E-state index in [0.717, 1.165) is 83.7 Å². The van der Waals surface area contributed by atoms with E-state index < -0.39 is 10.4 Å². The van der Waals surface area contributed by atoms with Crippen molar-refractivity contribution in [2.75, 3.05) is 46.1 Å². The summed E-state index contributed by atoms with van der Waals surface area (Å²) >= 11 is 0. The average Bonchev–Trinajstić information content (AvgIpc) is 3.36. The van der Waals surface area contributed by atoms with Crippen molar-refractivity contribution < 1.29 is 31.4 Å². The van der Waals surface area contributed by atoms with Gasteiger partial charge in [0.15, 0.2) is 0 Å². The third kappa shape index (κ3) is 10.3. The highest BCUT2D eigenvalue weighted by Gasteiger charge is 2.63. The summed E-state index contributed by atoms with van der Waals surface area (Å²) in [6.07, 6.45) is 13.4. The van der Waals surface area contributed by atoms with Gasteiger partial charge in [0.25, 0.3) is 0 Å². The van der Waals surface area contributed by atoms with Crippen molar-refractivity contribution in [1.29, 1.82) is 0 Å². The summed E-state index contributed by atoms with van der Waals surface area (Å²) in [7, 11) is -4.42. The van der Waals surface area contributed by atoms with E-state index >= 15 is 0 Å². The zero-order valence-electron chi connectivity index (χ0n) is 28.8. The first-order chi connectivity index (χ1) is 21.4. The van der Waals surface area contributed by atoms with Crippen LogP contribution >= 0.6 is 0 Å². The van der Waals surface area contributed by atoms with Crippen molar-refractivity contribution in [2.24, 2.45) is 57.6 Å². The van der Waals surface area contributed by atoms with Crippen LogP contribution in [-0.2, 0) is 28.8 Å². The topological polar surface area (TPSA) is 169 Å². The molecule has 3 aliphatic rings. The molecule has 0 bridgehead atoms. The minimum atomic E-state index is -4.42. The molecule has 3 saturated carbocycles. The first-order valence-corrected chi connectivity index (χ1v) is 19.4. The number of ether oxygens (including phenoxy) is 3. The predicted molar refractivity (Wildman–Crippen MR) is 179 cm³/mol. The Labute approximate surface area is 274 Å². The number of fused-ring (bicyclic) bond motifs is 1. The van der Waals surface area contributed by atoms with Gasteiger partial charge in [0.05, 0.1) is 24.9 Å². The lowest BCUT2D eigenvalue weighted by molar-refractivity contribution is -0.192. The van der Waals surface area contributed by atoms with Gasteiger partial charge in [0, 0.05) is 25.2 Å². The van der Waals surface area contributed by atoms with Crippen LogP contribution < -0.4 is 17.2 Å². The largest absolute Gasteiger partial charge is 0.397 e. The van der Waals surface area contributed by atoms with E-state index in [-0.39, 0.29) is 29.6 Å². The maximum atomic E-state index is 11.1. The Bertz CT molecular complexity index is 948. The van der Waals surface area contributed by atoms with Crippen LogP contribution in [0, 0.1) is 40.4 Å². The van der Waals surface area contributed by atoms with Gasteiger partial charge in [0.2, 0.25) is 0 Å². The van der Waals surface area contributed by atoms with Crippen LogP contribution in [0.25, 0.3) is 0 Å². The van der Waals surface area contributed by atoms with E-state index in [2.05, 4.69) is 31.9 Å². The predicted octanol–water partition coefficient (Wildman–Crippen LogP) is 5.08. The van der Waals surface area contributed by atoms with Crippen LogP contribution in [0.2, 0.25) is 0 Å². The maximum Gasteiger partial charge on any atom is 0.397 e. The van der Waals surface area contributed by atoms with Gasteiger partial charge < -0.3 is 31.4 Å². The third-order valence-electron chi connectivity index (χ3n) is 12.1. The van der Waals surface area contributed by atoms with E-state index in [1.54, 1.807) is 0 Å². The van der Waals surface area contributed by atoms with Gasteiger partial charge in [-0.2, -0.15) is 8.42 Å². The summed E-state index contributed by atoms with van der Waals surface area (Å²) < 4.78 is 55.7. The second kappa shape index (κ2) is 18.4. The lowest BCUT2D eigenvalue weighted by Crippen LogP contribution is -2.59. The molecule has 3 aliphatic carbocycles. The van der Waals surface area contributed by atoms with Crippen molar-refractivity contribution in [3.63, 3.8) is 0 Å². The molecule has 11 heteroatoms. The summed E-state index contributed by atoms with van der Waals surface area (Å²) in [6, 6.07) is 0. The Balaban J connectivity index is 1.91. The molecular formula is C34H67N3O7S. The fourth-order valence-corrected chi connectivity index (χ4v) is 10.0. The fourth-order valence-electron chi connectivity index (χ4n) is 9.70. The zero-order chi connectivity index (χ0) is 33.1. The van der Waals surface area contributed by atoms with Gasteiger partial charge in [-0.25, -0.2) is 4.18 Å². The summed E-state index contributed by atoms with van der Waals surface area (Å²) in [5.74, 6) is 2.15. The van der Waals surface area contributed by atoms with Crippen LogP contribution in [0.5, 0.6) is 0 Å². The molecular weight excluding hydrogens is 594 g/mol. The molecule has 0 heterocycles. The molecule has 8 atom stereocenters. The van der Waals surface area contributed by atoms with E-state index in [9.17, 15) is 8.42 Å². The second-order valence-electron chi connectivity index (χ2n) is 14.8. The summed E-state index contributed by atoms with van der Waals surface area (Å²) in [5, 5.41) is 0. The maximum absolute atomic E-state index is 11.1. The molecule has 45 heavy (non-hydrogen) atoms. The molecule has 10 nitrogen and oxygen atoms in total. The highest BCUT2D eigenvalue weighted by molar-refractivity contribution is 7.80. The first kappa shape index (κ1) is 39.1. The Morgan fingerprint density at radius 1 is 0.844 bits per heavy atom. The van der Waals surface area contributed by atoms with Crippen LogP contribution in [0.4, 0.5) is 0 Å². The van der Waals surface area contributed by atoms with Crippen LogP contribution in [0.3, 0.4) is 0 Å². The number of hydrogen-bond acceptors (Lipinski definition) is 9. The molecule has 3 fully saturated rings. The number of hydrogen-bond donors (Lipinski definition) is 4. The minimum Gasteiger partial charge on any atom is -0.378 e. The first-order valence-electron chi connectivity index (χ1n) is 18.0. The lowest BCUT2D eigenvalue weighted by atomic mass is 9.48. The van der Waals surface area contributed by atoms with E-state index in [4.69, 9.17) is 36.0 Å². The van der Waals surface area contributed by atoms with E-state index in [0.29, 0.717) is 75.0 Å². The van der Waals surface area contributed by atoms with Crippen molar-refractivity contribution in [1.82, 2.24) is 0 Å².